The van der Waals surface area contributed by atoms with Crippen LogP contribution in [-0.4, -0.2) is 48.5 Å². The van der Waals surface area contributed by atoms with E-state index in [1.54, 1.807) is 18.2 Å². The topological polar surface area (TPSA) is 110 Å². The van der Waals surface area contributed by atoms with Gasteiger partial charge in [-0.1, -0.05) is 28.7 Å². The fraction of sp³-hybridized carbons (Fsp3) is 0.136. The fourth-order valence-corrected chi connectivity index (χ4v) is 5.05. The zero-order chi connectivity index (χ0) is 24.2. The molecule has 0 bridgehead atoms. The molecule has 0 saturated heterocycles. The minimum atomic E-state index is -3.93. The van der Waals surface area contributed by atoms with Crippen LogP contribution >= 0.6 is 0 Å². The van der Waals surface area contributed by atoms with E-state index in [9.17, 15) is 21.6 Å². The van der Waals surface area contributed by atoms with Crippen LogP contribution in [0.25, 0.3) is 0 Å². The lowest BCUT2D eigenvalue weighted by Gasteiger charge is -2.19. The molecular formula is C22H22N2O7S2. The molecule has 0 radical (unpaired) electrons. The van der Waals surface area contributed by atoms with Crippen LogP contribution in [0.5, 0.6) is 5.75 Å². The summed E-state index contributed by atoms with van der Waals surface area (Å²) in [5, 5.41) is 0. The summed E-state index contributed by atoms with van der Waals surface area (Å²) in [6, 6.07) is 19.2. The SMILES string of the molecule is CON(C)S(=O)(=O)c1cccc(C(=O)Oc2ccc(N(C)S(=O)(=O)c3ccccc3)cc2)c1. The summed E-state index contributed by atoms with van der Waals surface area (Å²) in [7, 11) is -3.81. The average molecular weight is 491 g/mol. The van der Waals surface area contributed by atoms with Gasteiger partial charge in [-0.15, -0.1) is 0 Å². The van der Waals surface area contributed by atoms with Crippen molar-refractivity contribution in [3.05, 3.63) is 84.4 Å². The average Bonchev–Trinajstić information content (AvgIpc) is 2.84. The molecule has 0 amide bonds. The predicted octanol–water partition coefficient (Wildman–Crippen LogP) is 2.91. The molecule has 174 valence electrons. The maximum absolute atomic E-state index is 12.7. The van der Waals surface area contributed by atoms with Gasteiger partial charge in [-0.25, -0.2) is 21.6 Å². The molecule has 0 fully saturated rings. The Morgan fingerprint density at radius 2 is 1.36 bits per heavy atom. The van der Waals surface area contributed by atoms with Crippen LogP contribution in [0.2, 0.25) is 0 Å². The van der Waals surface area contributed by atoms with Crippen LogP contribution in [0, 0.1) is 0 Å². The summed E-state index contributed by atoms with van der Waals surface area (Å²) in [6.45, 7) is 0. The maximum atomic E-state index is 12.7. The van der Waals surface area contributed by atoms with E-state index in [-0.39, 0.29) is 21.1 Å². The van der Waals surface area contributed by atoms with Crippen molar-refractivity contribution >= 4 is 31.7 Å². The Labute approximate surface area is 192 Å². The highest BCUT2D eigenvalue weighted by Crippen LogP contribution is 2.25. The molecule has 0 aliphatic rings. The molecule has 3 rings (SSSR count). The van der Waals surface area contributed by atoms with E-state index < -0.39 is 26.0 Å². The third kappa shape index (κ3) is 5.22. The molecule has 9 nitrogen and oxygen atoms in total. The number of carbonyl (C=O) groups excluding carboxylic acids is 1. The van der Waals surface area contributed by atoms with E-state index >= 15 is 0 Å². The van der Waals surface area contributed by atoms with Gasteiger partial charge in [0.25, 0.3) is 20.0 Å². The van der Waals surface area contributed by atoms with E-state index in [1.165, 1.54) is 81.9 Å². The van der Waals surface area contributed by atoms with Crippen LogP contribution in [0.3, 0.4) is 0 Å². The Bertz CT molecular complexity index is 1340. The zero-order valence-corrected chi connectivity index (χ0v) is 19.7. The van der Waals surface area contributed by atoms with E-state index in [1.807, 2.05) is 0 Å². The Balaban J connectivity index is 1.77. The molecule has 0 atom stereocenters. The quantitative estimate of drug-likeness (QED) is 0.271. The van der Waals surface area contributed by atoms with Crippen LogP contribution < -0.4 is 9.04 Å². The molecule has 0 saturated carbocycles. The second-order valence-electron chi connectivity index (χ2n) is 6.79. The molecule has 0 aliphatic heterocycles. The number of carbonyl (C=O) groups is 1. The number of anilines is 1. The van der Waals surface area contributed by atoms with Crippen molar-refractivity contribution in [3.8, 4) is 5.75 Å². The van der Waals surface area contributed by atoms with Crippen LogP contribution in [0.1, 0.15) is 10.4 Å². The fourth-order valence-electron chi connectivity index (χ4n) is 2.81. The van der Waals surface area contributed by atoms with Crippen molar-refractivity contribution < 1.29 is 31.2 Å². The second kappa shape index (κ2) is 9.71. The molecule has 0 aromatic heterocycles. The van der Waals surface area contributed by atoms with Crippen molar-refractivity contribution in [2.24, 2.45) is 0 Å². The molecule has 0 heterocycles. The number of benzene rings is 3. The molecule has 0 unspecified atom stereocenters. The van der Waals surface area contributed by atoms with Gasteiger partial charge in [-0.2, -0.15) is 0 Å². The first-order valence-electron chi connectivity index (χ1n) is 9.56. The number of sulfonamides is 2. The summed E-state index contributed by atoms with van der Waals surface area (Å²) in [4.78, 5) is 17.3. The highest BCUT2D eigenvalue weighted by atomic mass is 32.2. The third-order valence-corrected chi connectivity index (χ3v) is 8.25. The number of hydroxylamine groups is 1. The van der Waals surface area contributed by atoms with E-state index in [4.69, 9.17) is 9.57 Å². The molecule has 0 aliphatic carbocycles. The monoisotopic (exact) mass is 490 g/mol. The maximum Gasteiger partial charge on any atom is 0.343 e. The minimum Gasteiger partial charge on any atom is -0.423 e. The van der Waals surface area contributed by atoms with Gasteiger partial charge in [-0.3, -0.25) is 9.14 Å². The van der Waals surface area contributed by atoms with Crippen molar-refractivity contribution in [2.75, 3.05) is 25.5 Å². The van der Waals surface area contributed by atoms with Gasteiger partial charge in [0.15, 0.2) is 0 Å². The number of hydrogen-bond acceptors (Lipinski definition) is 7. The third-order valence-electron chi connectivity index (χ3n) is 4.78. The molecule has 33 heavy (non-hydrogen) atoms. The van der Waals surface area contributed by atoms with E-state index in [0.29, 0.717) is 10.2 Å². The van der Waals surface area contributed by atoms with Gasteiger partial charge in [0, 0.05) is 14.1 Å². The summed E-state index contributed by atoms with van der Waals surface area (Å²) in [5.41, 5.74) is 0.391. The number of ether oxygens (including phenoxy) is 1. The first kappa shape index (κ1) is 24.4. The van der Waals surface area contributed by atoms with Crippen molar-refractivity contribution in [1.82, 2.24) is 4.47 Å². The van der Waals surface area contributed by atoms with Crippen molar-refractivity contribution in [2.45, 2.75) is 9.79 Å². The molecular weight excluding hydrogens is 468 g/mol. The largest absolute Gasteiger partial charge is 0.423 e. The molecule has 11 heteroatoms. The van der Waals surface area contributed by atoms with Crippen LogP contribution in [0.15, 0.2) is 88.7 Å². The second-order valence-corrected chi connectivity index (χ2v) is 10.7. The molecule has 3 aromatic rings. The van der Waals surface area contributed by atoms with Crippen molar-refractivity contribution in [1.29, 1.82) is 0 Å². The van der Waals surface area contributed by atoms with Gasteiger partial charge in [0.1, 0.15) is 5.75 Å². The minimum absolute atomic E-state index is 0.0217. The number of rotatable bonds is 8. The number of hydrogen-bond donors (Lipinski definition) is 0. The molecule has 0 N–H and O–H groups in total. The summed E-state index contributed by atoms with van der Waals surface area (Å²) in [6.07, 6.45) is 0. The Kier molecular flexibility index (Phi) is 7.18. The lowest BCUT2D eigenvalue weighted by Crippen LogP contribution is -2.26. The standard InChI is InChI=1S/C22H22N2O7S2/c1-23(32(26,27)20-9-5-4-6-10-20)18-12-14-19(15-13-18)31-22(25)17-8-7-11-21(16-17)33(28,29)24(2)30-3/h4-16H,1-3H3. The predicted molar refractivity (Wildman–Crippen MR) is 122 cm³/mol. The van der Waals surface area contributed by atoms with Gasteiger partial charge in [0.05, 0.1) is 28.2 Å². The lowest BCUT2D eigenvalue weighted by molar-refractivity contribution is -0.0258. The van der Waals surface area contributed by atoms with Crippen molar-refractivity contribution in [3.63, 3.8) is 0 Å². The molecule has 3 aromatic carbocycles. The number of nitrogens with zero attached hydrogens (tertiary/aromatic N) is 2. The highest BCUT2D eigenvalue weighted by molar-refractivity contribution is 7.92. The summed E-state index contributed by atoms with van der Waals surface area (Å²) < 4.78 is 57.3. The van der Waals surface area contributed by atoms with Crippen LogP contribution in [-0.2, 0) is 24.9 Å². The normalized spacial score (nSPS) is 11.9. The Hall–Kier alpha value is -3.25. The number of esters is 1. The van der Waals surface area contributed by atoms with Gasteiger partial charge in [0.2, 0.25) is 0 Å². The molecule has 0 spiro atoms. The first-order chi connectivity index (χ1) is 15.6. The van der Waals surface area contributed by atoms with E-state index in [2.05, 4.69) is 0 Å². The summed E-state index contributed by atoms with van der Waals surface area (Å²) in [5.74, 6) is -0.610. The van der Waals surface area contributed by atoms with Crippen LogP contribution in [0.4, 0.5) is 5.69 Å². The Morgan fingerprint density at radius 3 is 1.97 bits per heavy atom. The van der Waals surface area contributed by atoms with Gasteiger partial charge < -0.3 is 4.74 Å². The summed E-state index contributed by atoms with van der Waals surface area (Å²) >= 11 is 0. The lowest BCUT2D eigenvalue weighted by atomic mass is 10.2. The Morgan fingerprint density at radius 1 is 0.758 bits per heavy atom. The zero-order valence-electron chi connectivity index (χ0n) is 18.1. The highest BCUT2D eigenvalue weighted by Gasteiger charge is 2.23. The van der Waals surface area contributed by atoms with Gasteiger partial charge in [-0.05, 0) is 54.6 Å². The smallest absolute Gasteiger partial charge is 0.343 e. The first-order valence-corrected chi connectivity index (χ1v) is 12.4. The van der Waals surface area contributed by atoms with Gasteiger partial charge >= 0.3 is 5.97 Å². The van der Waals surface area contributed by atoms with E-state index in [0.717, 1.165) is 4.31 Å².